The molecule has 1 aliphatic heterocycles. The molecule has 1 heterocycles. The van der Waals surface area contributed by atoms with Crippen molar-refractivity contribution in [2.24, 2.45) is 0 Å². The van der Waals surface area contributed by atoms with Crippen molar-refractivity contribution in [2.45, 2.75) is 18.6 Å². The van der Waals surface area contributed by atoms with E-state index >= 15 is 0 Å². The van der Waals surface area contributed by atoms with E-state index < -0.39 is 6.10 Å². The SMILES string of the molecule is O=C1NC(CO)CC1O. The number of amides is 1. The maximum Gasteiger partial charge on any atom is 0.249 e. The van der Waals surface area contributed by atoms with Gasteiger partial charge in [0.15, 0.2) is 0 Å². The van der Waals surface area contributed by atoms with Gasteiger partial charge in [-0.25, -0.2) is 0 Å². The molecule has 0 spiro atoms. The molecule has 2 unspecified atom stereocenters. The highest BCUT2D eigenvalue weighted by Crippen LogP contribution is 2.05. The average molecular weight is 131 g/mol. The number of nitrogens with one attached hydrogen (secondary N) is 1. The Morgan fingerprint density at radius 3 is 2.67 bits per heavy atom. The summed E-state index contributed by atoms with van der Waals surface area (Å²) in [7, 11) is 0. The Labute approximate surface area is 52.5 Å². The smallest absolute Gasteiger partial charge is 0.249 e. The molecule has 0 saturated carbocycles. The topological polar surface area (TPSA) is 69.6 Å². The van der Waals surface area contributed by atoms with Crippen molar-refractivity contribution in [1.29, 1.82) is 0 Å². The first kappa shape index (κ1) is 6.51. The van der Waals surface area contributed by atoms with Crippen LogP contribution in [-0.2, 0) is 4.79 Å². The monoisotopic (exact) mass is 131 g/mol. The van der Waals surface area contributed by atoms with Crippen LogP contribution in [0, 0.1) is 0 Å². The number of carbonyl (C=O) groups excluding carboxylic acids is 1. The van der Waals surface area contributed by atoms with Gasteiger partial charge in [0.1, 0.15) is 6.10 Å². The quantitative estimate of drug-likeness (QED) is 0.394. The minimum absolute atomic E-state index is 0.0944. The van der Waals surface area contributed by atoms with Gasteiger partial charge in [0.25, 0.3) is 0 Å². The van der Waals surface area contributed by atoms with E-state index in [1.807, 2.05) is 0 Å². The van der Waals surface area contributed by atoms with Gasteiger partial charge in [-0.15, -0.1) is 0 Å². The van der Waals surface area contributed by atoms with Crippen LogP contribution in [0.3, 0.4) is 0 Å². The zero-order chi connectivity index (χ0) is 6.85. The summed E-state index contributed by atoms with van der Waals surface area (Å²) in [4.78, 5) is 10.5. The first-order chi connectivity index (χ1) is 4.24. The van der Waals surface area contributed by atoms with E-state index in [9.17, 15) is 4.79 Å². The maximum absolute atomic E-state index is 10.5. The van der Waals surface area contributed by atoms with Crippen LogP contribution in [0.5, 0.6) is 0 Å². The van der Waals surface area contributed by atoms with Gasteiger partial charge >= 0.3 is 0 Å². The lowest BCUT2D eigenvalue weighted by atomic mass is 10.2. The Hall–Kier alpha value is -0.610. The Bertz CT molecular complexity index is 125. The Kier molecular flexibility index (Phi) is 1.68. The van der Waals surface area contributed by atoms with Gasteiger partial charge in [-0.3, -0.25) is 4.79 Å². The van der Waals surface area contributed by atoms with Gasteiger partial charge < -0.3 is 15.5 Å². The minimum atomic E-state index is -0.915. The fraction of sp³-hybridized carbons (Fsp3) is 0.800. The molecular weight excluding hydrogens is 122 g/mol. The fourth-order valence-corrected chi connectivity index (χ4v) is 0.853. The van der Waals surface area contributed by atoms with Crippen molar-refractivity contribution < 1.29 is 15.0 Å². The third-order valence-corrected chi connectivity index (χ3v) is 1.38. The van der Waals surface area contributed by atoms with Crippen LogP contribution in [0.2, 0.25) is 0 Å². The molecule has 1 amide bonds. The number of aliphatic hydroxyl groups is 2. The number of hydrogen-bond acceptors (Lipinski definition) is 3. The van der Waals surface area contributed by atoms with Crippen molar-refractivity contribution in [3.8, 4) is 0 Å². The summed E-state index contributed by atoms with van der Waals surface area (Å²) in [5.41, 5.74) is 0. The summed E-state index contributed by atoms with van der Waals surface area (Å²) >= 11 is 0. The highest BCUT2D eigenvalue weighted by atomic mass is 16.3. The summed E-state index contributed by atoms with van der Waals surface area (Å²) in [5.74, 6) is -0.381. The number of aliphatic hydroxyl groups excluding tert-OH is 2. The predicted octanol–water partition coefficient (Wildman–Crippen LogP) is -1.77. The summed E-state index contributed by atoms with van der Waals surface area (Å²) in [6, 6.07) is -0.243. The average Bonchev–Trinajstić information content (AvgIpc) is 2.13. The molecule has 52 valence electrons. The second-order valence-corrected chi connectivity index (χ2v) is 2.14. The maximum atomic E-state index is 10.5. The van der Waals surface area contributed by atoms with Crippen LogP contribution < -0.4 is 5.32 Å². The molecule has 0 bridgehead atoms. The number of rotatable bonds is 1. The molecule has 4 nitrogen and oxygen atoms in total. The van der Waals surface area contributed by atoms with E-state index in [0.717, 1.165) is 0 Å². The molecule has 0 radical (unpaired) electrons. The molecule has 2 atom stereocenters. The second kappa shape index (κ2) is 2.33. The minimum Gasteiger partial charge on any atom is -0.394 e. The molecule has 1 aliphatic rings. The van der Waals surface area contributed by atoms with Gasteiger partial charge in [-0.2, -0.15) is 0 Å². The lowest BCUT2D eigenvalue weighted by molar-refractivity contribution is -0.126. The molecule has 4 heteroatoms. The highest BCUT2D eigenvalue weighted by molar-refractivity contribution is 5.83. The molecule has 0 aromatic heterocycles. The zero-order valence-corrected chi connectivity index (χ0v) is 4.87. The van der Waals surface area contributed by atoms with E-state index in [-0.39, 0.29) is 18.6 Å². The number of carbonyl (C=O) groups is 1. The fourth-order valence-electron chi connectivity index (χ4n) is 0.853. The predicted molar refractivity (Wildman–Crippen MR) is 29.6 cm³/mol. The summed E-state index contributed by atoms with van der Waals surface area (Å²) in [6.07, 6.45) is -0.586. The molecule has 0 aliphatic carbocycles. The second-order valence-electron chi connectivity index (χ2n) is 2.14. The summed E-state index contributed by atoms with van der Waals surface area (Å²) < 4.78 is 0. The lowest BCUT2D eigenvalue weighted by Gasteiger charge is -2.01. The van der Waals surface area contributed by atoms with E-state index in [1.165, 1.54) is 0 Å². The van der Waals surface area contributed by atoms with Gasteiger partial charge in [0.2, 0.25) is 5.91 Å². The lowest BCUT2D eigenvalue weighted by Crippen LogP contribution is -2.29. The molecule has 1 rings (SSSR count). The first-order valence-corrected chi connectivity index (χ1v) is 2.83. The van der Waals surface area contributed by atoms with Crippen LogP contribution in [0.15, 0.2) is 0 Å². The third-order valence-electron chi connectivity index (χ3n) is 1.38. The van der Waals surface area contributed by atoms with Crippen LogP contribution >= 0.6 is 0 Å². The molecule has 9 heavy (non-hydrogen) atoms. The van der Waals surface area contributed by atoms with Crippen LogP contribution in [0.25, 0.3) is 0 Å². The summed E-state index contributed by atoms with van der Waals surface area (Å²) in [6.45, 7) is -0.0944. The first-order valence-electron chi connectivity index (χ1n) is 2.83. The number of hydrogen-bond donors (Lipinski definition) is 3. The van der Waals surface area contributed by atoms with Crippen molar-refractivity contribution in [2.75, 3.05) is 6.61 Å². The largest absolute Gasteiger partial charge is 0.394 e. The van der Waals surface area contributed by atoms with E-state index in [2.05, 4.69) is 5.32 Å². The van der Waals surface area contributed by atoms with Gasteiger partial charge in [-0.05, 0) is 0 Å². The molecule has 0 aromatic carbocycles. The van der Waals surface area contributed by atoms with E-state index in [0.29, 0.717) is 6.42 Å². The van der Waals surface area contributed by atoms with Crippen molar-refractivity contribution in [3.05, 3.63) is 0 Å². The van der Waals surface area contributed by atoms with Crippen molar-refractivity contribution in [3.63, 3.8) is 0 Å². The van der Waals surface area contributed by atoms with Crippen LogP contribution in [0.4, 0.5) is 0 Å². The van der Waals surface area contributed by atoms with Gasteiger partial charge in [0, 0.05) is 6.42 Å². The van der Waals surface area contributed by atoms with Crippen molar-refractivity contribution >= 4 is 5.91 Å². The molecular formula is C5H9NO3. The summed E-state index contributed by atoms with van der Waals surface area (Å²) in [5, 5.41) is 19.7. The molecule has 3 N–H and O–H groups in total. The third kappa shape index (κ3) is 1.20. The molecule has 0 aromatic rings. The normalized spacial score (nSPS) is 34.7. The van der Waals surface area contributed by atoms with Crippen LogP contribution in [-0.4, -0.2) is 34.9 Å². The highest BCUT2D eigenvalue weighted by Gasteiger charge is 2.28. The Morgan fingerprint density at radius 2 is 2.44 bits per heavy atom. The van der Waals surface area contributed by atoms with E-state index in [4.69, 9.17) is 10.2 Å². The van der Waals surface area contributed by atoms with E-state index in [1.54, 1.807) is 0 Å². The van der Waals surface area contributed by atoms with Gasteiger partial charge in [-0.1, -0.05) is 0 Å². The standard InChI is InChI=1S/C5H9NO3/c7-2-3-1-4(8)5(9)6-3/h3-4,7-8H,1-2H2,(H,6,9). The van der Waals surface area contributed by atoms with Crippen molar-refractivity contribution in [1.82, 2.24) is 5.32 Å². The Balaban J connectivity index is 2.44. The van der Waals surface area contributed by atoms with Crippen LogP contribution in [0.1, 0.15) is 6.42 Å². The zero-order valence-electron chi connectivity index (χ0n) is 4.87. The molecule has 1 saturated heterocycles. The Morgan fingerprint density at radius 1 is 1.78 bits per heavy atom. The van der Waals surface area contributed by atoms with Gasteiger partial charge in [0.05, 0.1) is 12.6 Å². The molecule has 1 fully saturated rings.